The Balaban J connectivity index is 2.69. The lowest BCUT2D eigenvalue weighted by Gasteiger charge is -2.09. The van der Waals surface area contributed by atoms with Gasteiger partial charge in [-0.05, 0) is 37.1 Å². The first kappa shape index (κ1) is 11.3. The second kappa shape index (κ2) is 5.20. The normalized spacial score (nSPS) is 10.3. The molecule has 0 aliphatic rings. The van der Waals surface area contributed by atoms with Crippen molar-refractivity contribution in [3.63, 3.8) is 0 Å². The van der Waals surface area contributed by atoms with E-state index in [-0.39, 0.29) is 0 Å². The van der Waals surface area contributed by atoms with Crippen LogP contribution in [0.15, 0.2) is 12.1 Å². The molecule has 0 amide bonds. The van der Waals surface area contributed by atoms with Gasteiger partial charge in [0.05, 0.1) is 6.54 Å². The van der Waals surface area contributed by atoms with Gasteiger partial charge in [-0.1, -0.05) is 11.6 Å². The van der Waals surface area contributed by atoms with Crippen LogP contribution in [0.3, 0.4) is 0 Å². The molecule has 78 valence electrons. The van der Waals surface area contributed by atoms with Gasteiger partial charge in [-0.25, -0.2) is 5.48 Å². The highest BCUT2D eigenvalue weighted by molar-refractivity contribution is 6.32. The van der Waals surface area contributed by atoms with Crippen molar-refractivity contribution in [3.05, 3.63) is 28.3 Å². The first-order chi connectivity index (χ1) is 6.65. The van der Waals surface area contributed by atoms with Crippen LogP contribution in [-0.4, -0.2) is 18.4 Å². The van der Waals surface area contributed by atoms with E-state index in [0.29, 0.717) is 13.2 Å². The van der Waals surface area contributed by atoms with Crippen LogP contribution in [0.4, 0.5) is 0 Å². The Bertz CT molecular complexity index is 292. The van der Waals surface area contributed by atoms with Crippen LogP contribution >= 0.6 is 11.6 Å². The number of benzene rings is 1. The minimum atomic E-state index is 0.403. The lowest BCUT2D eigenvalue weighted by Crippen LogP contribution is -2.16. The molecule has 0 aliphatic carbocycles. The molecule has 0 saturated carbocycles. The Hall–Kier alpha value is -0.770. The topological polar surface area (TPSA) is 41.5 Å². The van der Waals surface area contributed by atoms with Crippen LogP contribution in [0.1, 0.15) is 11.1 Å². The molecule has 0 atom stereocenters. The molecule has 0 bridgehead atoms. The van der Waals surface area contributed by atoms with Crippen LogP contribution in [0, 0.1) is 13.8 Å². The van der Waals surface area contributed by atoms with Crippen molar-refractivity contribution in [2.75, 3.05) is 13.2 Å². The lowest BCUT2D eigenvalue weighted by atomic mass is 10.1. The van der Waals surface area contributed by atoms with Gasteiger partial charge in [-0.15, -0.1) is 0 Å². The maximum absolute atomic E-state index is 8.35. The molecule has 0 aromatic heterocycles. The number of nitrogens with one attached hydrogen (secondary N) is 1. The van der Waals surface area contributed by atoms with E-state index in [1.165, 1.54) is 0 Å². The van der Waals surface area contributed by atoms with Crippen LogP contribution in [0.2, 0.25) is 5.02 Å². The second-order valence-electron chi connectivity index (χ2n) is 3.13. The Kier molecular flexibility index (Phi) is 4.20. The summed E-state index contributed by atoms with van der Waals surface area (Å²) >= 11 is 6.00. The summed E-state index contributed by atoms with van der Waals surface area (Å²) in [6.07, 6.45) is 0. The van der Waals surface area contributed by atoms with E-state index in [4.69, 9.17) is 21.5 Å². The molecule has 2 N–H and O–H groups in total. The summed E-state index contributed by atoms with van der Waals surface area (Å²) in [6, 6.07) is 3.76. The van der Waals surface area contributed by atoms with E-state index in [0.717, 1.165) is 21.9 Å². The zero-order chi connectivity index (χ0) is 10.6. The zero-order valence-electron chi connectivity index (χ0n) is 8.30. The van der Waals surface area contributed by atoms with E-state index in [1.807, 2.05) is 31.5 Å². The minimum Gasteiger partial charge on any atom is -0.492 e. The summed E-state index contributed by atoms with van der Waals surface area (Å²) in [5.41, 5.74) is 4.02. The molecular formula is C10H14ClNO2. The molecule has 0 saturated heterocycles. The molecule has 0 unspecified atom stereocenters. The number of hydroxylamine groups is 1. The van der Waals surface area contributed by atoms with Crippen LogP contribution in [0.25, 0.3) is 0 Å². The summed E-state index contributed by atoms with van der Waals surface area (Å²) in [4.78, 5) is 0. The quantitative estimate of drug-likeness (QED) is 0.598. The fourth-order valence-corrected chi connectivity index (χ4v) is 1.31. The van der Waals surface area contributed by atoms with Crippen molar-refractivity contribution >= 4 is 11.6 Å². The predicted octanol–water partition coefficient (Wildman–Crippen LogP) is 2.31. The smallest absolute Gasteiger partial charge is 0.119 e. The average molecular weight is 216 g/mol. The molecule has 3 nitrogen and oxygen atoms in total. The second-order valence-corrected chi connectivity index (χ2v) is 3.51. The van der Waals surface area contributed by atoms with Gasteiger partial charge < -0.3 is 9.94 Å². The van der Waals surface area contributed by atoms with Gasteiger partial charge in [0.15, 0.2) is 0 Å². The Morgan fingerprint density at radius 3 is 2.43 bits per heavy atom. The monoisotopic (exact) mass is 215 g/mol. The van der Waals surface area contributed by atoms with E-state index >= 15 is 0 Å². The van der Waals surface area contributed by atoms with Crippen molar-refractivity contribution in [1.29, 1.82) is 0 Å². The van der Waals surface area contributed by atoms with Gasteiger partial charge in [0.25, 0.3) is 0 Å². The summed E-state index contributed by atoms with van der Waals surface area (Å²) in [7, 11) is 0. The number of hydrogen-bond acceptors (Lipinski definition) is 3. The van der Waals surface area contributed by atoms with Gasteiger partial charge in [0.2, 0.25) is 0 Å². The highest BCUT2D eigenvalue weighted by Gasteiger charge is 2.02. The highest BCUT2D eigenvalue weighted by Crippen LogP contribution is 2.25. The number of ether oxygens (including phenoxy) is 1. The van der Waals surface area contributed by atoms with Crippen LogP contribution < -0.4 is 10.2 Å². The lowest BCUT2D eigenvalue weighted by molar-refractivity contribution is 0.145. The molecule has 4 heteroatoms. The van der Waals surface area contributed by atoms with Crippen molar-refractivity contribution in [2.45, 2.75) is 13.8 Å². The van der Waals surface area contributed by atoms with Gasteiger partial charge in [-0.2, -0.15) is 0 Å². The molecule has 0 radical (unpaired) electrons. The zero-order valence-corrected chi connectivity index (χ0v) is 9.06. The molecule has 0 spiro atoms. The minimum absolute atomic E-state index is 0.403. The Morgan fingerprint density at radius 1 is 1.36 bits per heavy atom. The first-order valence-corrected chi connectivity index (χ1v) is 4.79. The molecule has 14 heavy (non-hydrogen) atoms. The summed E-state index contributed by atoms with van der Waals surface area (Å²) in [5.74, 6) is 0.777. The van der Waals surface area contributed by atoms with Gasteiger partial charge in [0, 0.05) is 5.02 Å². The van der Waals surface area contributed by atoms with Gasteiger partial charge >= 0.3 is 0 Å². The van der Waals surface area contributed by atoms with Gasteiger partial charge in [0.1, 0.15) is 12.4 Å². The maximum Gasteiger partial charge on any atom is 0.119 e. The standard InChI is InChI=1S/C10H14ClNO2/c1-7-5-9(14-4-3-12-13)6-8(2)10(7)11/h5-6,12-13H,3-4H2,1-2H3. The molecular weight excluding hydrogens is 202 g/mol. The van der Waals surface area contributed by atoms with E-state index < -0.39 is 0 Å². The molecule has 0 aliphatic heterocycles. The summed E-state index contributed by atoms with van der Waals surface area (Å²) in [5, 5.41) is 9.12. The summed E-state index contributed by atoms with van der Waals surface area (Å²) < 4.78 is 5.38. The number of rotatable bonds is 4. The molecule has 1 aromatic rings. The number of halogens is 1. The van der Waals surface area contributed by atoms with E-state index in [1.54, 1.807) is 0 Å². The Morgan fingerprint density at radius 2 is 1.93 bits per heavy atom. The van der Waals surface area contributed by atoms with Crippen LogP contribution in [0.5, 0.6) is 5.75 Å². The average Bonchev–Trinajstić information content (AvgIpc) is 2.14. The molecule has 1 rings (SSSR count). The third-order valence-corrected chi connectivity index (χ3v) is 2.49. The third-order valence-electron chi connectivity index (χ3n) is 1.89. The fourth-order valence-electron chi connectivity index (χ4n) is 1.20. The van der Waals surface area contributed by atoms with Crippen LogP contribution in [-0.2, 0) is 0 Å². The molecule has 0 fully saturated rings. The first-order valence-electron chi connectivity index (χ1n) is 4.41. The van der Waals surface area contributed by atoms with E-state index in [2.05, 4.69) is 0 Å². The van der Waals surface area contributed by atoms with Crippen molar-refractivity contribution in [3.8, 4) is 5.75 Å². The maximum atomic E-state index is 8.35. The fraction of sp³-hybridized carbons (Fsp3) is 0.400. The third kappa shape index (κ3) is 2.87. The van der Waals surface area contributed by atoms with Crippen molar-refractivity contribution in [2.24, 2.45) is 0 Å². The van der Waals surface area contributed by atoms with Gasteiger partial charge in [-0.3, -0.25) is 0 Å². The number of hydrogen-bond donors (Lipinski definition) is 2. The molecule has 0 heterocycles. The SMILES string of the molecule is Cc1cc(OCCNO)cc(C)c1Cl. The van der Waals surface area contributed by atoms with E-state index in [9.17, 15) is 0 Å². The van der Waals surface area contributed by atoms with Crippen molar-refractivity contribution < 1.29 is 9.94 Å². The van der Waals surface area contributed by atoms with Crippen molar-refractivity contribution in [1.82, 2.24) is 5.48 Å². The number of aryl methyl sites for hydroxylation is 2. The highest BCUT2D eigenvalue weighted by atomic mass is 35.5. The largest absolute Gasteiger partial charge is 0.492 e. The Labute approximate surface area is 88.6 Å². The summed E-state index contributed by atoms with van der Waals surface area (Å²) in [6.45, 7) is 4.71. The molecule has 1 aromatic carbocycles. The predicted molar refractivity (Wildman–Crippen MR) is 56.2 cm³/mol.